The highest BCUT2D eigenvalue weighted by Gasteiger charge is 2.34. The normalized spacial score (nSPS) is 19.3. The molecule has 0 spiro atoms. The molecule has 4 rings (SSSR count). The van der Waals surface area contributed by atoms with Gasteiger partial charge in [0.15, 0.2) is 5.78 Å². The summed E-state index contributed by atoms with van der Waals surface area (Å²) in [4.78, 5) is 12.8. The average molecular weight is 264 g/mol. The van der Waals surface area contributed by atoms with Crippen molar-refractivity contribution in [2.24, 2.45) is 0 Å². The van der Waals surface area contributed by atoms with Crippen LogP contribution in [0, 0.1) is 0 Å². The van der Waals surface area contributed by atoms with Crippen LogP contribution in [0.3, 0.4) is 0 Å². The van der Waals surface area contributed by atoms with E-state index in [2.05, 4.69) is 18.2 Å². The lowest BCUT2D eigenvalue weighted by molar-refractivity contribution is 0.0944. The van der Waals surface area contributed by atoms with E-state index >= 15 is 0 Å². The number of carbonyl (C=O) groups excluding carboxylic acids is 1. The molecule has 0 N–H and O–H groups in total. The van der Waals surface area contributed by atoms with Gasteiger partial charge in [-0.3, -0.25) is 4.79 Å². The Morgan fingerprint density at radius 2 is 1.90 bits per heavy atom. The lowest BCUT2D eigenvalue weighted by atomic mass is 9.73. The smallest absolute Gasteiger partial charge is 0.174 e. The third-order valence-corrected chi connectivity index (χ3v) is 4.37. The van der Waals surface area contributed by atoms with E-state index in [1.165, 1.54) is 16.7 Å². The maximum atomic E-state index is 12.8. The number of para-hydroxylation sites is 1. The second-order valence-corrected chi connectivity index (χ2v) is 5.57. The predicted octanol–water partition coefficient (Wildman–Crippen LogP) is 3.53. The van der Waals surface area contributed by atoms with Gasteiger partial charge in [-0.2, -0.15) is 0 Å². The van der Waals surface area contributed by atoms with Gasteiger partial charge >= 0.3 is 0 Å². The molecule has 2 aromatic carbocycles. The predicted molar refractivity (Wildman–Crippen MR) is 77.5 cm³/mol. The van der Waals surface area contributed by atoms with Gasteiger partial charge in [0.2, 0.25) is 0 Å². The zero-order valence-corrected chi connectivity index (χ0v) is 11.3. The SMILES string of the molecule is O=C(c1cccc2c1OCCC2)C1Cc2ccccc21. The van der Waals surface area contributed by atoms with Gasteiger partial charge in [-0.25, -0.2) is 0 Å². The molecular weight excluding hydrogens is 248 g/mol. The number of fused-ring (bicyclic) bond motifs is 2. The molecule has 0 fully saturated rings. The zero-order chi connectivity index (χ0) is 13.5. The molecule has 0 radical (unpaired) electrons. The number of carbonyl (C=O) groups is 1. The molecule has 0 saturated heterocycles. The van der Waals surface area contributed by atoms with Gasteiger partial charge in [0.1, 0.15) is 5.75 Å². The Bertz CT molecular complexity index is 688. The highest BCUT2D eigenvalue weighted by Crippen LogP contribution is 2.40. The molecule has 1 unspecified atom stereocenters. The second-order valence-electron chi connectivity index (χ2n) is 5.57. The number of rotatable bonds is 2. The van der Waals surface area contributed by atoms with Crippen molar-refractivity contribution >= 4 is 5.78 Å². The van der Waals surface area contributed by atoms with Crippen molar-refractivity contribution in [3.05, 3.63) is 64.7 Å². The summed E-state index contributed by atoms with van der Waals surface area (Å²) in [5.41, 5.74) is 4.43. The molecule has 0 aromatic heterocycles. The van der Waals surface area contributed by atoms with E-state index in [4.69, 9.17) is 4.74 Å². The summed E-state index contributed by atoms with van der Waals surface area (Å²) in [5, 5.41) is 0. The van der Waals surface area contributed by atoms with E-state index in [-0.39, 0.29) is 11.7 Å². The Morgan fingerprint density at radius 1 is 1.05 bits per heavy atom. The van der Waals surface area contributed by atoms with E-state index in [0.717, 1.165) is 37.2 Å². The highest BCUT2D eigenvalue weighted by atomic mass is 16.5. The van der Waals surface area contributed by atoms with Crippen LogP contribution in [0.5, 0.6) is 5.75 Å². The van der Waals surface area contributed by atoms with Crippen LogP contribution in [-0.4, -0.2) is 12.4 Å². The fourth-order valence-corrected chi connectivity index (χ4v) is 3.26. The topological polar surface area (TPSA) is 26.3 Å². The number of hydrogen-bond acceptors (Lipinski definition) is 2. The van der Waals surface area contributed by atoms with E-state index in [1.54, 1.807) is 0 Å². The quantitative estimate of drug-likeness (QED) is 0.776. The largest absolute Gasteiger partial charge is 0.493 e. The van der Waals surface area contributed by atoms with Crippen LogP contribution in [0.4, 0.5) is 0 Å². The van der Waals surface area contributed by atoms with Crippen LogP contribution < -0.4 is 4.74 Å². The molecule has 2 heteroatoms. The molecule has 0 saturated carbocycles. The minimum Gasteiger partial charge on any atom is -0.493 e. The maximum Gasteiger partial charge on any atom is 0.174 e. The van der Waals surface area contributed by atoms with Crippen molar-refractivity contribution in [1.82, 2.24) is 0 Å². The van der Waals surface area contributed by atoms with Crippen LogP contribution in [0.1, 0.15) is 39.4 Å². The Labute approximate surface area is 118 Å². The van der Waals surface area contributed by atoms with Crippen molar-refractivity contribution in [2.45, 2.75) is 25.2 Å². The molecule has 100 valence electrons. The number of ketones is 1. The summed E-state index contributed by atoms with van der Waals surface area (Å²) in [6.07, 6.45) is 2.91. The fourth-order valence-electron chi connectivity index (χ4n) is 3.26. The second kappa shape index (κ2) is 4.48. The minimum atomic E-state index is 0.0169. The zero-order valence-electron chi connectivity index (χ0n) is 11.3. The Morgan fingerprint density at radius 3 is 2.80 bits per heavy atom. The van der Waals surface area contributed by atoms with Gasteiger partial charge < -0.3 is 4.74 Å². The molecule has 2 aromatic rings. The lowest BCUT2D eigenvalue weighted by Crippen LogP contribution is -2.26. The maximum absolute atomic E-state index is 12.8. The average Bonchev–Trinajstić information content (AvgIpc) is 2.48. The van der Waals surface area contributed by atoms with Crippen molar-refractivity contribution < 1.29 is 9.53 Å². The Hall–Kier alpha value is -2.09. The van der Waals surface area contributed by atoms with Crippen molar-refractivity contribution in [2.75, 3.05) is 6.61 Å². The first-order valence-corrected chi connectivity index (χ1v) is 7.21. The van der Waals surface area contributed by atoms with Crippen molar-refractivity contribution in [3.63, 3.8) is 0 Å². The standard InChI is InChI=1S/C18H16O2/c19-17(16-11-13-5-1-2-8-14(13)16)15-9-3-6-12-7-4-10-20-18(12)15/h1-3,5-6,8-9,16H,4,7,10-11H2. The molecule has 20 heavy (non-hydrogen) atoms. The van der Waals surface area contributed by atoms with Gasteiger partial charge in [-0.05, 0) is 42.0 Å². The first kappa shape index (κ1) is 11.7. The minimum absolute atomic E-state index is 0.0169. The number of benzene rings is 2. The number of hydrogen-bond donors (Lipinski definition) is 0. The monoisotopic (exact) mass is 264 g/mol. The van der Waals surface area contributed by atoms with Crippen LogP contribution >= 0.6 is 0 Å². The molecule has 1 aliphatic carbocycles. The summed E-state index contributed by atoms with van der Waals surface area (Å²) in [7, 11) is 0. The van der Waals surface area contributed by atoms with Crippen LogP contribution in [0.15, 0.2) is 42.5 Å². The first-order valence-electron chi connectivity index (χ1n) is 7.21. The highest BCUT2D eigenvalue weighted by molar-refractivity contribution is 6.05. The molecule has 1 aliphatic heterocycles. The molecule has 1 heterocycles. The van der Waals surface area contributed by atoms with E-state index < -0.39 is 0 Å². The molecule has 0 bridgehead atoms. The summed E-state index contributed by atoms with van der Waals surface area (Å²) in [5.74, 6) is 1.05. The summed E-state index contributed by atoms with van der Waals surface area (Å²) in [6.45, 7) is 0.721. The fraction of sp³-hybridized carbons (Fsp3) is 0.278. The van der Waals surface area contributed by atoms with Gasteiger partial charge in [0.25, 0.3) is 0 Å². The molecule has 1 atom stereocenters. The molecule has 2 nitrogen and oxygen atoms in total. The Balaban J connectivity index is 1.71. The van der Waals surface area contributed by atoms with E-state index in [1.807, 2.05) is 24.3 Å². The molecule has 2 aliphatic rings. The number of aryl methyl sites for hydroxylation is 1. The van der Waals surface area contributed by atoms with Gasteiger partial charge in [-0.15, -0.1) is 0 Å². The first-order chi connectivity index (χ1) is 9.84. The van der Waals surface area contributed by atoms with Gasteiger partial charge in [0, 0.05) is 0 Å². The summed E-state index contributed by atoms with van der Waals surface area (Å²) in [6, 6.07) is 14.2. The lowest BCUT2D eigenvalue weighted by Gasteiger charge is -2.30. The molecule has 0 amide bonds. The number of ether oxygens (including phenoxy) is 1. The third kappa shape index (κ3) is 1.68. The van der Waals surface area contributed by atoms with Gasteiger partial charge in [-0.1, -0.05) is 36.4 Å². The van der Waals surface area contributed by atoms with Gasteiger partial charge in [0.05, 0.1) is 18.1 Å². The van der Waals surface area contributed by atoms with Crippen molar-refractivity contribution in [3.8, 4) is 5.75 Å². The van der Waals surface area contributed by atoms with E-state index in [9.17, 15) is 4.79 Å². The van der Waals surface area contributed by atoms with Crippen molar-refractivity contribution in [1.29, 1.82) is 0 Å². The summed E-state index contributed by atoms with van der Waals surface area (Å²) >= 11 is 0. The van der Waals surface area contributed by atoms with Crippen LogP contribution in [0.2, 0.25) is 0 Å². The Kier molecular flexibility index (Phi) is 2.62. The third-order valence-electron chi connectivity index (χ3n) is 4.37. The summed E-state index contributed by atoms with van der Waals surface area (Å²) < 4.78 is 5.76. The van der Waals surface area contributed by atoms with E-state index in [0.29, 0.717) is 0 Å². The molecular formula is C18H16O2. The number of Topliss-reactive ketones (excluding diaryl/α,β-unsaturated/α-hetero) is 1. The van der Waals surface area contributed by atoms with Crippen LogP contribution in [0.25, 0.3) is 0 Å². The van der Waals surface area contributed by atoms with Crippen LogP contribution in [-0.2, 0) is 12.8 Å².